The third-order valence-corrected chi connectivity index (χ3v) is 4.70. The molecule has 0 saturated heterocycles. The molecular weight excluding hydrogens is 395 g/mol. The van der Waals surface area contributed by atoms with Gasteiger partial charge in [0.1, 0.15) is 5.82 Å². The molecule has 2 rings (SSSR count). The van der Waals surface area contributed by atoms with E-state index in [2.05, 4.69) is 10.6 Å². The lowest BCUT2D eigenvalue weighted by Gasteiger charge is -2.27. The second-order valence-corrected chi connectivity index (χ2v) is 8.47. The van der Waals surface area contributed by atoms with Crippen molar-refractivity contribution in [3.8, 4) is 0 Å². The Bertz CT molecular complexity index is 895. The number of nitrogens with zero attached hydrogens (tertiary/aromatic N) is 2. The van der Waals surface area contributed by atoms with E-state index in [0.717, 1.165) is 16.8 Å². The minimum Gasteiger partial charge on any atom is -0.377 e. The molecule has 0 heterocycles. The Labute approximate surface area is 184 Å². The predicted molar refractivity (Wildman–Crippen MR) is 124 cm³/mol. The number of benzene rings is 2. The number of hydrogen-bond donors (Lipinski definition) is 2. The Hall–Kier alpha value is -3.09. The summed E-state index contributed by atoms with van der Waals surface area (Å²) < 4.78 is 13.3. The summed E-state index contributed by atoms with van der Waals surface area (Å²) in [6, 6.07) is 11.6. The summed E-state index contributed by atoms with van der Waals surface area (Å²) >= 11 is 0. The second kappa shape index (κ2) is 10.8. The molecule has 0 spiro atoms. The number of halogens is 1. The van der Waals surface area contributed by atoms with Crippen LogP contribution in [0.15, 0.2) is 42.5 Å². The van der Waals surface area contributed by atoms with Gasteiger partial charge in [0.25, 0.3) is 0 Å². The van der Waals surface area contributed by atoms with Crippen LogP contribution in [0.5, 0.6) is 0 Å². The van der Waals surface area contributed by atoms with Crippen LogP contribution in [0.4, 0.5) is 20.6 Å². The van der Waals surface area contributed by atoms with Crippen LogP contribution < -0.4 is 15.5 Å². The Balaban J connectivity index is 2.36. The number of amides is 3. The molecule has 0 unspecified atom stereocenters. The van der Waals surface area contributed by atoms with Crippen LogP contribution in [0.3, 0.4) is 0 Å². The summed E-state index contributed by atoms with van der Waals surface area (Å²) in [6.07, 6.45) is 0. The highest BCUT2D eigenvalue weighted by Gasteiger charge is 2.19. The maximum Gasteiger partial charge on any atom is 0.318 e. The quantitative estimate of drug-likeness (QED) is 0.646. The maximum absolute atomic E-state index is 13.3. The van der Waals surface area contributed by atoms with Gasteiger partial charge in [-0.3, -0.25) is 4.79 Å². The molecule has 3 amide bonds. The third kappa shape index (κ3) is 7.27. The number of carbonyl (C=O) groups excluding carboxylic acids is 2. The zero-order valence-electron chi connectivity index (χ0n) is 19.2. The average molecular weight is 429 g/mol. The number of rotatable bonds is 8. The van der Waals surface area contributed by atoms with E-state index >= 15 is 0 Å². The lowest BCUT2D eigenvalue weighted by molar-refractivity contribution is -0.118. The summed E-state index contributed by atoms with van der Waals surface area (Å²) in [4.78, 5) is 28.7. The lowest BCUT2D eigenvalue weighted by atomic mass is 10.1. The van der Waals surface area contributed by atoms with Crippen molar-refractivity contribution in [2.24, 2.45) is 5.92 Å². The highest BCUT2D eigenvalue weighted by molar-refractivity contribution is 5.92. The zero-order valence-corrected chi connectivity index (χ0v) is 19.2. The fourth-order valence-electron chi connectivity index (χ4n) is 3.07. The van der Waals surface area contributed by atoms with Gasteiger partial charge < -0.3 is 20.4 Å². The summed E-state index contributed by atoms with van der Waals surface area (Å²) in [5.41, 5.74) is 3.36. The molecule has 6 nitrogen and oxygen atoms in total. The van der Waals surface area contributed by atoms with Crippen LogP contribution in [0.1, 0.15) is 38.8 Å². The maximum atomic E-state index is 13.3. The van der Waals surface area contributed by atoms with Crippen molar-refractivity contribution in [1.82, 2.24) is 10.2 Å². The van der Waals surface area contributed by atoms with E-state index in [9.17, 15) is 14.0 Å². The summed E-state index contributed by atoms with van der Waals surface area (Å²) in [7, 11) is 3.87. The molecule has 2 aromatic carbocycles. The van der Waals surface area contributed by atoms with Gasteiger partial charge in [-0.25, -0.2) is 9.18 Å². The molecule has 0 aliphatic rings. The molecule has 0 aliphatic carbocycles. The van der Waals surface area contributed by atoms with E-state index in [0.29, 0.717) is 18.8 Å². The average Bonchev–Trinajstić information content (AvgIpc) is 2.68. The molecule has 7 heteroatoms. The van der Waals surface area contributed by atoms with Crippen LogP contribution >= 0.6 is 0 Å². The number of anilines is 2. The highest BCUT2D eigenvalue weighted by atomic mass is 19.1. The molecule has 2 aromatic rings. The first-order chi connectivity index (χ1) is 14.6. The second-order valence-electron chi connectivity index (χ2n) is 8.47. The highest BCUT2D eigenvalue weighted by Crippen LogP contribution is 2.25. The monoisotopic (exact) mass is 428 g/mol. The Morgan fingerprint density at radius 1 is 0.968 bits per heavy atom. The molecule has 0 aromatic heterocycles. The van der Waals surface area contributed by atoms with Gasteiger partial charge >= 0.3 is 6.03 Å². The molecule has 0 saturated carbocycles. The molecule has 31 heavy (non-hydrogen) atoms. The van der Waals surface area contributed by atoms with Gasteiger partial charge in [-0.15, -0.1) is 0 Å². The van der Waals surface area contributed by atoms with Gasteiger partial charge in [0, 0.05) is 50.5 Å². The summed E-state index contributed by atoms with van der Waals surface area (Å²) in [5.74, 6) is -0.515. The van der Waals surface area contributed by atoms with Crippen LogP contribution in [-0.4, -0.2) is 37.0 Å². The number of nitrogens with one attached hydrogen (secondary N) is 2. The normalized spacial score (nSPS) is 10.9. The van der Waals surface area contributed by atoms with Gasteiger partial charge in [-0.05, 0) is 55.3 Å². The molecule has 168 valence electrons. The molecule has 2 N–H and O–H groups in total. The van der Waals surface area contributed by atoms with Crippen LogP contribution in [0, 0.1) is 11.7 Å². The van der Waals surface area contributed by atoms with Crippen LogP contribution in [0.2, 0.25) is 0 Å². The van der Waals surface area contributed by atoms with E-state index in [1.54, 1.807) is 17.0 Å². The summed E-state index contributed by atoms with van der Waals surface area (Å²) in [6.45, 7) is 8.14. The third-order valence-electron chi connectivity index (χ3n) is 4.70. The first-order valence-corrected chi connectivity index (χ1v) is 10.5. The van der Waals surface area contributed by atoms with Crippen molar-refractivity contribution in [3.63, 3.8) is 0 Å². The number of carbonyl (C=O) groups is 2. The zero-order chi connectivity index (χ0) is 23.1. The van der Waals surface area contributed by atoms with Crippen LogP contribution in [-0.2, 0) is 17.9 Å². The van der Waals surface area contributed by atoms with Crippen molar-refractivity contribution in [1.29, 1.82) is 0 Å². The van der Waals surface area contributed by atoms with E-state index < -0.39 is 0 Å². The van der Waals surface area contributed by atoms with Crippen molar-refractivity contribution in [2.45, 2.75) is 46.8 Å². The lowest BCUT2D eigenvalue weighted by Crippen LogP contribution is -2.42. The van der Waals surface area contributed by atoms with Gasteiger partial charge in [-0.2, -0.15) is 0 Å². The molecule has 0 radical (unpaired) electrons. The van der Waals surface area contributed by atoms with Crippen LogP contribution in [0.25, 0.3) is 0 Å². The Kier molecular flexibility index (Phi) is 8.42. The Morgan fingerprint density at radius 3 is 2.16 bits per heavy atom. The first kappa shape index (κ1) is 24.2. The van der Waals surface area contributed by atoms with Gasteiger partial charge in [0.15, 0.2) is 0 Å². The fraction of sp³-hybridized carbons (Fsp3) is 0.417. The van der Waals surface area contributed by atoms with Crippen molar-refractivity contribution in [2.75, 3.05) is 24.3 Å². The number of hydrogen-bond acceptors (Lipinski definition) is 3. The minimum atomic E-state index is -0.314. The first-order valence-electron chi connectivity index (χ1n) is 10.5. The minimum absolute atomic E-state index is 0.0202. The van der Waals surface area contributed by atoms with Crippen molar-refractivity contribution >= 4 is 23.3 Å². The molecular formula is C24H33FN4O2. The predicted octanol–water partition coefficient (Wildman–Crippen LogP) is 4.61. The Morgan fingerprint density at radius 2 is 1.61 bits per heavy atom. The SMILES string of the molecule is CC(C)NC(=O)N(Cc1ccc(F)cc1)Cc1cc(NC(=O)C(C)C)ccc1N(C)C. The molecule has 0 fully saturated rings. The van der Waals surface area contributed by atoms with E-state index in [1.165, 1.54) is 12.1 Å². The molecule has 0 aliphatic heterocycles. The van der Waals surface area contributed by atoms with Crippen molar-refractivity contribution < 1.29 is 14.0 Å². The summed E-state index contributed by atoms with van der Waals surface area (Å²) in [5, 5.41) is 5.86. The van der Waals surface area contributed by atoms with Gasteiger partial charge in [0.2, 0.25) is 5.91 Å². The fourth-order valence-corrected chi connectivity index (χ4v) is 3.07. The topological polar surface area (TPSA) is 64.7 Å². The largest absolute Gasteiger partial charge is 0.377 e. The molecule has 0 atom stereocenters. The van der Waals surface area contributed by atoms with Crippen molar-refractivity contribution in [3.05, 3.63) is 59.4 Å². The standard InChI is InChI=1S/C24H33FN4O2/c1-16(2)23(30)27-21-11-12-22(28(5)6)19(13-21)15-29(24(31)26-17(3)4)14-18-7-9-20(25)10-8-18/h7-13,16-17H,14-15H2,1-6H3,(H,26,31)(H,27,30). The van der Waals surface area contributed by atoms with E-state index in [4.69, 9.17) is 0 Å². The van der Waals surface area contributed by atoms with E-state index in [1.807, 2.05) is 64.9 Å². The van der Waals surface area contributed by atoms with E-state index in [-0.39, 0.29) is 29.7 Å². The van der Waals surface area contributed by atoms with Gasteiger partial charge in [-0.1, -0.05) is 26.0 Å². The number of urea groups is 1. The molecule has 0 bridgehead atoms. The van der Waals surface area contributed by atoms with Gasteiger partial charge in [0.05, 0.1) is 0 Å². The smallest absolute Gasteiger partial charge is 0.318 e.